The lowest BCUT2D eigenvalue weighted by Gasteiger charge is -2.26. The molecular weight excluding hydrogens is 428 g/mol. The predicted octanol–water partition coefficient (Wildman–Crippen LogP) is 3.53. The van der Waals surface area contributed by atoms with Gasteiger partial charge in [-0.3, -0.25) is 9.59 Å². The molecule has 170 valence electrons. The van der Waals surface area contributed by atoms with Crippen LogP contribution < -0.4 is 5.32 Å². The van der Waals surface area contributed by atoms with Crippen molar-refractivity contribution in [2.24, 2.45) is 0 Å². The Hall–Kier alpha value is -3.97. The third kappa shape index (κ3) is 3.74. The van der Waals surface area contributed by atoms with Crippen LogP contribution in [0.5, 0.6) is 0 Å². The number of pyridine rings is 1. The summed E-state index contributed by atoms with van der Waals surface area (Å²) in [6, 6.07) is 14.1. The van der Waals surface area contributed by atoms with Gasteiger partial charge in [0, 0.05) is 35.8 Å². The highest BCUT2D eigenvalue weighted by Gasteiger charge is 2.25. The van der Waals surface area contributed by atoms with E-state index in [4.69, 9.17) is 9.72 Å². The highest BCUT2D eigenvalue weighted by atomic mass is 16.5. The van der Waals surface area contributed by atoms with Gasteiger partial charge in [-0.2, -0.15) is 0 Å². The van der Waals surface area contributed by atoms with Crippen LogP contribution in [0.25, 0.3) is 33.8 Å². The summed E-state index contributed by atoms with van der Waals surface area (Å²) in [6.45, 7) is 3.03. The maximum atomic E-state index is 12.6. The Kier molecular flexibility index (Phi) is 5.11. The second kappa shape index (κ2) is 8.43. The van der Waals surface area contributed by atoms with Crippen LogP contribution in [0.2, 0.25) is 0 Å². The maximum absolute atomic E-state index is 12.6. The Balaban J connectivity index is 1.26. The second-order valence-corrected chi connectivity index (χ2v) is 8.72. The van der Waals surface area contributed by atoms with Gasteiger partial charge in [-0.05, 0) is 28.7 Å². The Bertz CT molecular complexity index is 1460. The number of rotatable bonds is 4. The number of ether oxygens (including phenoxy) is 1. The zero-order valence-electron chi connectivity index (χ0n) is 18.6. The third-order valence-electron chi connectivity index (χ3n) is 6.52. The average Bonchev–Trinajstić information content (AvgIpc) is 3.43. The fourth-order valence-corrected chi connectivity index (χ4v) is 4.75. The Morgan fingerprint density at radius 3 is 2.85 bits per heavy atom. The van der Waals surface area contributed by atoms with E-state index in [0.717, 1.165) is 44.2 Å². The number of carbonyl (C=O) groups is 2. The first-order valence-corrected chi connectivity index (χ1v) is 11.5. The fourth-order valence-electron chi connectivity index (χ4n) is 4.75. The topological polar surface area (TPSA) is 87.3 Å². The van der Waals surface area contributed by atoms with Crippen LogP contribution in [0.3, 0.4) is 0 Å². The number of morpholine rings is 1. The molecule has 6 rings (SSSR count). The van der Waals surface area contributed by atoms with Gasteiger partial charge in [-0.1, -0.05) is 42.5 Å². The smallest absolute Gasteiger partial charge is 0.254 e. The number of nitrogens with zero attached hydrogens (tertiary/aromatic N) is 2. The molecule has 1 saturated heterocycles. The first-order valence-electron chi connectivity index (χ1n) is 11.5. The van der Waals surface area contributed by atoms with Crippen LogP contribution in [0.15, 0.2) is 48.7 Å². The van der Waals surface area contributed by atoms with Crippen LogP contribution in [-0.2, 0) is 22.5 Å². The molecule has 1 fully saturated rings. The second-order valence-electron chi connectivity index (χ2n) is 8.72. The van der Waals surface area contributed by atoms with Crippen LogP contribution in [0.4, 0.5) is 0 Å². The van der Waals surface area contributed by atoms with Crippen molar-refractivity contribution in [3.63, 3.8) is 0 Å². The van der Waals surface area contributed by atoms with Crippen molar-refractivity contribution in [3.05, 3.63) is 76.7 Å². The summed E-state index contributed by atoms with van der Waals surface area (Å²) in [7, 11) is 0. The standard InChI is InChI=1S/C27H24N4O3/c32-24(31-8-10-34-11-9-31)13-18-3-1-2-17(12-18)4-6-20-14-22-19(15-28-20)5-7-21-25-23(30-26(21)22)16-29-27(25)33/h1-7,12,14-15,28H,8-11,13,16H2,(H,29,33). The lowest BCUT2D eigenvalue weighted by atomic mass is 10.0. The van der Waals surface area contributed by atoms with Crippen molar-refractivity contribution < 1.29 is 14.3 Å². The number of fused-ring (bicyclic) bond motifs is 5. The van der Waals surface area contributed by atoms with Gasteiger partial charge in [0.25, 0.3) is 5.91 Å². The van der Waals surface area contributed by atoms with Gasteiger partial charge in [0.05, 0.1) is 43.0 Å². The van der Waals surface area contributed by atoms with Crippen molar-refractivity contribution in [1.29, 1.82) is 0 Å². The Morgan fingerprint density at radius 2 is 1.97 bits per heavy atom. The van der Waals surface area contributed by atoms with E-state index in [2.05, 4.69) is 22.4 Å². The summed E-state index contributed by atoms with van der Waals surface area (Å²) < 4.78 is 5.34. The Labute approximate surface area is 196 Å². The lowest BCUT2D eigenvalue weighted by molar-refractivity contribution is -0.134. The molecule has 7 nitrogen and oxygen atoms in total. The van der Waals surface area contributed by atoms with Gasteiger partial charge >= 0.3 is 0 Å². The van der Waals surface area contributed by atoms with Crippen molar-refractivity contribution in [1.82, 2.24) is 20.2 Å². The van der Waals surface area contributed by atoms with Crippen LogP contribution >= 0.6 is 0 Å². The summed E-state index contributed by atoms with van der Waals surface area (Å²) >= 11 is 0. The van der Waals surface area contributed by atoms with Crippen LogP contribution in [0, 0.1) is 0 Å². The van der Waals surface area contributed by atoms with Gasteiger partial charge in [0.15, 0.2) is 0 Å². The highest BCUT2D eigenvalue weighted by molar-refractivity contribution is 6.16. The number of aromatic nitrogens is 2. The Morgan fingerprint density at radius 1 is 1.09 bits per heavy atom. The highest BCUT2D eigenvalue weighted by Crippen LogP contribution is 2.31. The van der Waals surface area contributed by atoms with E-state index >= 15 is 0 Å². The minimum Gasteiger partial charge on any atom is -0.378 e. The summed E-state index contributed by atoms with van der Waals surface area (Å²) in [5, 5.41) is 5.80. The van der Waals surface area contributed by atoms with Crippen molar-refractivity contribution in [2.45, 2.75) is 13.0 Å². The van der Waals surface area contributed by atoms with E-state index in [0.29, 0.717) is 44.8 Å². The molecule has 0 unspecified atom stereocenters. The molecule has 7 heteroatoms. The summed E-state index contributed by atoms with van der Waals surface area (Å²) in [5.74, 6) is 0.0885. The largest absolute Gasteiger partial charge is 0.378 e. The molecule has 0 atom stereocenters. The van der Waals surface area contributed by atoms with Gasteiger partial charge in [0.1, 0.15) is 0 Å². The molecule has 2 aliphatic heterocycles. The molecule has 0 spiro atoms. The monoisotopic (exact) mass is 452 g/mol. The lowest BCUT2D eigenvalue weighted by Crippen LogP contribution is -2.41. The zero-order chi connectivity index (χ0) is 23.1. The first kappa shape index (κ1) is 20.6. The number of aromatic amines is 1. The molecule has 0 radical (unpaired) electrons. The molecule has 0 saturated carbocycles. The molecule has 4 heterocycles. The normalized spacial score (nSPS) is 15.9. The number of hydrogen-bond acceptors (Lipinski definition) is 4. The molecule has 2 aromatic carbocycles. The molecule has 34 heavy (non-hydrogen) atoms. The number of H-pyrrole nitrogens is 1. The van der Waals surface area contributed by atoms with Crippen molar-refractivity contribution in [2.75, 3.05) is 26.3 Å². The zero-order valence-corrected chi connectivity index (χ0v) is 18.6. The molecule has 4 aromatic rings. The summed E-state index contributed by atoms with van der Waals surface area (Å²) in [5.41, 5.74) is 5.34. The van der Waals surface area contributed by atoms with Crippen molar-refractivity contribution >= 4 is 45.6 Å². The number of nitrogens with one attached hydrogen (secondary N) is 2. The van der Waals surface area contributed by atoms with Crippen LogP contribution in [-0.4, -0.2) is 53.0 Å². The molecule has 0 aliphatic carbocycles. The minimum absolute atomic E-state index is 0.0496. The van der Waals surface area contributed by atoms with Crippen molar-refractivity contribution in [3.8, 4) is 0 Å². The maximum Gasteiger partial charge on any atom is 0.254 e. The van der Waals surface area contributed by atoms with Gasteiger partial charge in [-0.15, -0.1) is 0 Å². The first-order chi connectivity index (χ1) is 16.7. The number of amides is 2. The molecule has 2 amide bonds. The molecule has 0 bridgehead atoms. The van der Waals surface area contributed by atoms with Crippen LogP contribution in [0.1, 0.15) is 32.9 Å². The minimum atomic E-state index is -0.0496. The molecule has 2 aliphatic rings. The summed E-state index contributed by atoms with van der Waals surface area (Å²) in [4.78, 5) is 34.7. The quantitative estimate of drug-likeness (QED) is 0.496. The van der Waals surface area contributed by atoms with E-state index in [1.54, 1.807) is 0 Å². The number of carbonyl (C=O) groups excluding carboxylic acids is 2. The van der Waals surface area contributed by atoms with Gasteiger partial charge < -0.3 is 19.9 Å². The number of benzene rings is 2. The van der Waals surface area contributed by atoms with E-state index in [1.165, 1.54) is 0 Å². The molecule has 2 aromatic heterocycles. The number of hydrogen-bond donors (Lipinski definition) is 2. The predicted molar refractivity (Wildman–Crippen MR) is 131 cm³/mol. The molecule has 2 N–H and O–H groups in total. The van der Waals surface area contributed by atoms with E-state index in [-0.39, 0.29) is 11.8 Å². The third-order valence-corrected chi connectivity index (χ3v) is 6.52. The molecular formula is C27H24N4O3. The van der Waals surface area contributed by atoms with E-state index in [1.807, 2.05) is 53.6 Å². The fraction of sp³-hybridized carbons (Fsp3) is 0.222. The van der Waals surface area contributed by atoms with Gasteiger partial charge in [-0.25, -0.2) is 4.98 Å². The van der Waals surface area contributed by atoms with Gasteiger partial charge in [0.2, 0.25) is 5.91 Å². The average molecular weight is 453 g/mol. The SMILES string of the molecule is O=C1NCc2nc3c(ccc4c[nH]c(C=Cc5cccc(CC(=O)N6CCOCC6)c5)cc43)c21. The van der Waals surface area contributed by atoms with E-state index in [9.17, 15) is 9.59 Å². The summed E-state index contributed by atoms with van der Waals surface area (Å²) in [6.07, 6.45) is 6.41. The van der Waals surface area contributed by atoms with E-state index < -0.39 is 0 Å².